The maximum atomic E-state index is 13.4. The highest BCUT2D eigenvalue weighted by Gasteiger charge is 2.18. The second-order valence-corrected chi connectivity index (χ2v) is 5.78. The molecule has 2 nitrogen and oxygen atoms in total. The Bertz CT molecular complexity index is 543. The van der Waals surface area contributed by atoms with E-state index in [4.69, 9.17) is 5.84 Å². The summed E-state index contributed by atoms with van der Waals surface area (Å²) in [5.74, 6) is 5.41. The smallest absolute Gasteiger partial charge is 0.123 e. The van der Waals surface area contributed by atoms with Crippen molar-refractivity contribution in [2.24, 2.45) is 5.84 Å². The van der Waals surface area contributed by atoms with Gasteiger partial charge in [0.25, 0.3) is 0 Å². The minimum absolute atomic E-state index is 0.155. The van der Waals surface area contributed by atoms with Gasteiger partial charge >= 0.3 is 0 Å². The maximum absolute atomic E-state index is 13.4. The van der Waals surface area contributed by atoms with Crippen LogP contribution >= 0.6 is 11.3 Å². The van der Waals surface area contributed by atoms with Crippen LogP contribution in [0.1, 0.15) is 32.5 Å². The Kier molecular flexibility index (Phi) is 3.80. The molecule has 0 spiro atoms. The van der Waals surface area contributed by atoms with E-state index in [-0.39, 0.29) is 11.9 Å². The number of rotatable bonds is 3. The molecule has 1 unspecified atom stereocenters. The first-order chi connectivity index (χ1) is 8.52. The van der Waals surface area contributed by atoms with Crippen LogP contribution in [0.15, 0.2) is 24.3 Å². The van der Waals surface area contributed by atoms with Crippen molar-refractivity contribution in [1.29, 1.82) is 0 Å². The number of hydrogen-bond donors (Lipinski definition) is 2. The van der Waals surface area contributed by atoms with Crippen molar-refractivity contribution in [1.82, 2.24) is 5.43 Å². The summed E-state index contributed by atoms with van der Waals surface area (Å²) in [6, 6.07) is 6.75. The summed E-state index contributed by atoms with van der Waals surface area (Å²) in [5, 5.41) is 0. The third kappa shape index (κ3) is 2.46. The number of nitrogens with one attached hydrogen (secondary N) is 1. The Balaban J connectivity index is 2.48. The summed E-state index contributed by atoms with van der Waals surface area (Å²) in [5.41, 5.74) is 5.95. The Morgan fingerprint density at radius 2 is 1.89 bits per heavy atom. The van der Waals surface area contributed by atoms with Gasteiger partial charge in [-0.1, -0.05) is 6.07 Å². The average molecular weight is 264 g/mol. The van der Waals surface area contributed by atoms with E-state index in [0.29, 0.717) is 0 Å². The molecule has 0 bridgehead atoms. The molecule has 0 saturated heterocycles. The lowest BCUT2D eigenvalue weighted by Gasteiger charge is -2.17. The molecule has 18 heavy (non-hydrogen) atoms. The van der Waals surface area contributed by atoms with E-state index in [9.17, 15) is 4.39 Å². The Labute approximate surface area is 111 Å². The van der Waals surface area contributed by atoms with Gasteiger partial charge in [0.05, 0.1) is 6.04 Å². The van der Waals surface area contributed by atoms with Gasteiger partial charge < -0.3 is 0 Å². The van der Waals surface area contributed by atoms with Crippen molar-refractivity contribution in [2.75, 3.05) is 0 Å². The van der Waals surface area contributed by atoms with Crippen molar-refractivity contribution in [3.8, 4) is 0 Å². The standard InChI is InChI=1S/C14H17FN2S/c1-8-4-5-11(15)7-12(8)14(17-16)13-6-9(2)10(3)18-13/h4-7,14,17H,16H2,1-3H3. The zero-order valence-corrected chi connectivity index (χ0v) is 11.6. The molecule has 1 aromatic carbocycles. The summed E-state index contributed by atoms with van der Waals surface area (Å²) < 4.78 is 13.4. The number of thiophene rings is 1. The molecule has 3 N–H and O–H groups in total. The highest BCUT2D eigenvalue weighted by atomic mass is 32.1. The van der Waals surface area contributed by atoms with Gasteiger partial charge in [0.15, 0.2) is 0 Å². The predicted octanol–water partition coefficient (Wildman–Crippen LogP) is 3.37. The highest BCUT2D eigenvalue weighted by molar-refractivity contribution is 7.12. The fourth-order valence-electron chi connectivity index (χ4n) is 1.99. The van der Waals surface area contributed by atoms with E-state index >= 15 is 0 Å². The average Bonchev–Trinajstić information content (AvgIpc) is 2.65. The molecule has 0 saturated carbocycles. The molecule has 0 aliphatic heterocycles. The van der Waals surface area contributed by atoms with E-state index in [0.717, 1.165) is 16.0 Å². The lowest BCUT2D eigenvalue weighted by molar-refractivity contribution is 0.606. The Morgan fingerprint density at radius 3 is 2.44 bits per heavy atom. The first kappa shape index (κ1) is 13.2. The summed E-state index contributed by atoms with van der Waals surface area (Å²) in [4.78, 5) is 2.38. The summed E-state index contributed by atoms with van der Waals surface area (Å²) in [6.07, 6.45) is 0. The summed E-state index contributed by atoms with van der Waals surface area (Å²) in [7, 11) is 0. The molecule has 2 rings (SSSR count). The van der Waals surface area contributed by atoms with Crippen molar-refractivity contribution in [2.45, 2.75) is 26.8 Å². The van der Waals surface area contributed by atoms with Gasteiger partial charge in [-0.2, -0.15) is 0 Å². The topological polar surface area (TPSA) is 38.0 Å². The third-order valence-corrected chi connectivity index (χ3v) is 4.41. The van der Waals surface area contributed by atoms with Crippen LogP contribution in [0.5, 0.6) is 0 Å². The quantitative estimate of drug-likeness (QED) is 0.659. The number of hydrazine groups is 1. The van der Waals surface area contributed by atoms with Gasteiger partial charge in [-0.15, -0.1) is 11.3 Å². The molecule has 1 atom stereocenters. The van der Waals surface area contributed by atoms with Crippen molar-refractivity contribution < 1.29 is 4.39 Å². The number of benzene rings is 1. The molecule has 0 aliphatic rings. The van der Waals surface area contributed by atoms with Crippen molar-refractivity contribution >= 4 is 11.3 Å². The van der Waals surface area contributed by atoms with E-state index in [1.807, 2.05) is 6.92 Å². The number of nitrogens with two attached hydrogens (primary N) is 1. The van der Waals surface area contributed by atoms with Crippen LogP contribution < -0.4 is 11.3 Å². The zero-order valence-electron chi connectivity index (χ0n) is 10.8. The first-order valence-electron chi connectivity index (χ1n) is 5.82. The molecule has 4 heteroatoms. The summed E-state index contributed by atoms with van der Waals surface area (Å²) in [6.45, 7) is 6.11. The van der Waals surface area contributed by atoms with E-state index < -0.39 is 0 Å². The van der Waals surface area contributed by atoms with E-state index in [1.54, 1.807) is 23.5 Å². The Hall–Kier alpha value is -1.23. The van der Waals surface area contributed by atoms with Crippen molar-refractivity contribution in [3.63, 3.8) is 0 Å². The second kappa shape index (κ2) is 5.18. The van der Waals surface area contributed by atoms with E-state index in [1.165, 1.54) is 16.5 Å². The summed E-state index contributed by atoms with van der Waals surface area (Å²) >= 11 is 1.69. The molecule has 0 amide bonds. The minimum Gasteiger partial charge on any atom is -0.271 e. The van der Waals surface area contributed by atoms with Crippen LogP contribution in [-0.4, -0.2) is 0 Å². The fraction of sp³-hybridized carbons (Fsp3) is 0.286. The molecule has 1 aromatic heterocycles. The molecule has 0 fully saturated rings. The molecule has 2 aromatic rings. The van der Waals surface area contributed by atoms with Gasteiger partial charge in [-0.3, -0.25) is 5.84 Å². The lowest BCUT2D eigenvalue weighted by Crippen LogP contribution is -2.28. The normalized spacial score (nSPS) is 12.7. The van der Waals surface area contributed by atoms with Crippen LogP contribution in [0.3, 0.4) is 0 Å². The van der Waals surface area contributed by atoms with Crippen LogP contribution in [0.25, 0.3) is 0 Å². The Morgan fingerprint density at radius 1 is 1.17 bits per heavy atom. The van der Waals surface area contributed by atoms with Crippen molar-refractivity contribution in [3.05, 3.63) is 56.5 Å². The highest BCUT2D eigenvalue weighted by Crippen LogP contribution is 2.31. The van der Waals surface area contributed by atoms with Gasteiger partial charge in [-0.05, 0) is 55.7 Å². The van der Waals surface area contributed by atoms with Crippen LogP contribution in [0, 0.1) is 26.6 Å². The van der Waals surface area contributed by atoms with Gasteiger partial charge in [0.2, 0.25) is 0 Å². The number of hydrogen-bond acceptors (Lipinski definition) is 3. The lowest BCUT2D eigenvalue weighted by atomic mass is 10.00. The molecule has 0 radical (unpaired) electrons. The first-order valence-corrected chi connectivity index (χ1v) is 6.63. The number of halogens is 1. The molecule has 1 heterocycles. The molecule has 96 valence electrons. The van der Waals surface area contributed by atoms with E-state index in [2.05, 4.69) is 25.3 Å². The van der Waals surface area contributed by atoms with Crippen LogP contribution in [0.2, 0.25) is 0 Å². The van der Waals surface area contributed by atoms with Gasteiger partial charge in [-0.25, -0.2) is 9.82 Å². The molecule has 0 aliphatic carbocycles. The molecular weight excluding hydrogens is 247 g/mol. The fourth-order valence-corrected chi connectivity index (χ4v) is 3.11. The number of aryl methyl sites for hydroxylation is 3. The monoisotopic (exact) mass is 264 g/mol. The van der Waals surface area contributed by atoms with Crippen LogP contribution in [-0.2, 0) is 0 Å². The minimum atomic E-state index is -0.235. The SMILES string of the molecule is Cc1ccc(F)cc1C(NN)c1cc(C)c(C)s1. The third-order valence-electron chi connectivity index (χ3n) is 3.19. The van der Waals surface area contributed by atoms with Gasteiger partial charge in [0, 0.05) is 9.75 Å². The van der Waals surface area contributed by atoms with Gasteiger partial charge in [0.1, 0.15) is 5.82 Å². The second-order valence-electron chi connectivity index (χ2n) is 4.49. The predicted molar refractivity (Wildman–Crippen MR) is 74.1 cm³/mol. The largest absolute Gasteiger partial charge is 0.271 e. The zero-order chi connectivity index (χ0) is 13.3. The molecular formula is C14H17FN2S. The maximum Gasteiger partial charge on any atom is 0.123 e. The van der Waals surface area contributed by atoms with Crippen LogP contribution in [0.4, 0.5) is 4.39 Å².